The number of benzene rings is 1. The number of nitrogens with one attached hydrogen (secondary N) is 1. The summed E-state index contributed by atoms with van der Waals surface area (Å²) in [6, 6.07) is 6.21. The summed E-state index contributed by atoms with van der Waals surface area (Å²) in [5.74, 6) is 0.426. The monoisotopic (exact) mass is 598 g/mol. The number of fused-ring (bicyclic) bond motifs is 2. The lowest BCUT2D eigenvalue weighted by Crippen LogP contribution is -2.56. The van der Waals surface area contributed by atoms with Gasteiger partial charge in [0.15, 0.2) is 14.6 Å². The van der Waals surface area contributed by atoms with Crippen LogP contribution in [0.1, 0.15) is 45.6 Å². The molecule has 0 saturated carbocycles. The van der Waals surface area contributed by atoms with Crippen LogP contribution in [0, 0.1) is 5.92 Å². The van der Waals surface area contributed by atoms with Gasteiger partial charge < -0.3 is 33.5 Å². The Hall–Kier alpha value is -2.03. The van der Waals surface area contributed by atoms with Crippen LogP contribution in [0.4, 0.5) is 4.79 Å². The van der Waals surface area contributed by atoms with E-state index in [1.54, 1.807) is 25.3 Å². The lowest BCUT2D eigenvalue weighted by atomic mass is 10.00. The molecule has 1 N–H and O–H groups in total. The number of amides is 1. The molecule has 3 aliphatic rings. The van der Waals surface area contributed by atoms with Gasteiger partial charge in [0.2, 0.25) is 10.0 Å². The number of nitrogens with zero attached hydrogens (tertiary/aromatic N) is 1. The highest BCUT2D eigenvalue weighted by Crippen LogP contribution is 2.37. The summed E-state index contributed by atoms with van der Waals surface area (Å²) in [4.78, 5) is 25.6. The average molecular weight is 599 g/mol. The fraction of sp³-hybridized carbons (Fsp3) is 0.704. The first-order chi connectivity index (χ1) is 19.1. The number of carbonyl (C=O) groups is 2. The van der Waals surface area contributed by atoms with E-state index in [0.29, 0.717) is 24.2 Å². The number of hydrogen-bond acceptors (Lipinski definition) is 9. The van der Waals surface area contributed by atoms with Crippen molar-refractivity contribution >= 4 is 30.7 Å². The summed E-state index contributed by atoms with van der Waals surface area (Å²) >= 11 is 0. The standard InChI is InChI=1S/C27H42N2O9SSi/c1-6-40(7-2,8-3)38-23(22(16-30)28-27(31)37-24-17-36-26-20(24)11-12-35-26)15-29-14-18(4)21-13-19(34-5)9-10-25(21)39(29,32)33/h9-10,13,16,18,20,22-24,26H,6-8,11-12,14-15,17H2,1-5H3,(H,28,31)/t18?,20-,22-,23+,24-,26+/m0/s1. The van der Waals surface area contributed by atoms with Gasteiger partial charge in [-0.05, 0) is 54.2 Å². The molecule has 0 radical (unpaired) electrons. The van der Waals surface area contributed by atoms with Crippen LogP contribution in [0.25, 0.3) is 0 Å². The third kappa shape index (κ3) is 6.24. The van der Waals surface area contributed by atoms with Gasteiger partial charge in [0, 0.05) is 13.1 Å². The molecular formula is C27H42N2O9SSi. The number of rotatable bonds is 12. The van der Waals surface area contributed by atoms with Gasteiger partial charge in [-0.15, -0.1) is 0 Å². The first kappa shape index (κ1) is 30.9. The minimum absolute atomic E-state index is 0.0496. The Morgan fingerprint density at radius 1 is 1.23 bits per heavy atom. The SMILES string of the molecule is CC[Si](CC)(CC)O[C@H](CN1CC(C)c2cc(OC)ccc2S1(=O)=O)[C@H](C=O)NC(=O)O[C@H]1CO[C@H]2OCC[C@H]21. The van der Waals surface area contributed by atoms with Crippen LogP contribution in [0.5, 0.6) is 5.75 Å². The lowest BCUT2D eigenvalue weighted by molar-refractivity contribution is -0.111. The van der Waals surface area contributed by atoms with Gasteiger partial charge in [-0.2, -0.15) is 4.31 Å². The van der Waals surface area contributed by atoms with E-state index < -0.39 is 42.7 Å². The molecule has 3 heterocycles. The Morgan fingerprint density at radius 2 is 1.95 bits per heavy atom. The predicted molar refractivity (Wildman–Crippen MR) is 149 cm³/mol. The third-order valence-electron chi connectivity index (χ3n) is 8.64. The van der Waals surface area contributed by atoms with E-state index in [9.17, 15) is 18.0 Å². The maximum Gasteiger partial charge on any atom is 0.408 e. The van der Waals surface area contributed by atoms with Crippen LogP contribution in [0.15, 0.2) is 23.1 Å². The van der Waals surface area contributed by atoms with E-state index in [1.165, 1.54) is 4.31 Å². The molecule has 0 aromatic heterocycles. The van der Waals surface area contributed by atoms with Gasteiger partial charge >= 0.3 is 6.09 Å². The molecule has 4 rings (SSSR count). The average Bonchev–Trinajstić information content (AvgIpc) is 3.58. The normalized spacial score (nSPS) is 27.3. The van der Waals surface area contributed by atoms with Crippen LogP contribution >= 0.6 is 0 Å². The Morgan fingerprint density at radius 3 is 2.60 bits per heavy atom. The Balaban J connectivity index is 1.57. The van der Waals surface area contributed by atoms with Gasteiger partial charge in [0.05, 0.1) is 37.2 Å². The molecule has 11 nitrogen and oxygen atoms in total. The molecule has 2 fully saturated rings. The minimum atomic E-state index is -3.89. The van der Waals surface area contributed by atoms with Gasteiger partial charge in [-0.1, -0.05) is 27.7 Å². The summed E-state index contributed by atoms with van der Waals surface area (Å²) in [6.07, 6.45) is -1.18. The maximum atomic E-state index is 13.7. The summed E-state index contributed by atoms with van der Waals surface area (Å²) in [5.41, 5.74) is 0.689. The van der Waals surface area contributed by atoms with Crippen LogP contribution < -0.4 is 10.1 Å². The van der Waals surface area contributed by atoms with E-state index in [0.717, 1.165) is 24.6 Å². The van der Waals surface area contributed by atoms with Gasteiger partial charge in [-0.25, -0.2) is 13.2 Å². The topological polar surface area (TPSA) is 130 Å². The van der Waals surface area contributed by atoms with Crippen molar-refractivity contribution in [1.82, 2.24) is 9.62 Å². The van der Waals surface area contributed by atoms with Crippen molar-refractivity contribution in [2.75, 3.05) is 33.4 Å². The van der Waals surface area contributed by atoms with E-state index in [-0.39, 0.29) is 42.7 Å². The molecule has 6 atom stereocenters. The third-order valence-corrected chi connectivity index (χ3v) is 15.2. The zero-order chi connectivity index (χ0) is 29.1. The largest absolute Gasteiger partial charge is 0.497 e. The van der Waals surface area contributed by atoms with Crippen LogP contribution in [-0.4, -0.2) is 91.4 Å². The number of carbonyl (C=O) groups excluding carboxylic acids is 2. The minimum Gasteiger partial charge on any atom is -0.497 e. The van der Waals surface area contributed by atoms with Gasteiger partial charge in [-0.3, -0.25) is 0 Å². The molecule has 224 valence electrons. The number of aldehydes is 1. The molecule has 2 saturated heterocycles. The molecule has 3 aliphatic heterocycles. The second-order valence-electron chi connectivity index (χ2n) is 10.8. The lowest BCUT2D eigenvalue weighted by Gasteiger charge is -2.39. The summed E-state index contributed by atoms with van der Waals surface area (Å²) in [5, 5.41) is 2.66. The van der Waals surface area contributed by atoms with Crippen molar-refractivity contribution in [3.05, 3.63) is 23.8 Å². The van der Waals surface area contributed by atoms with Crippen molar-refractivity contribution in [3.63, 3.8) is 0 Å². The fourth-order valence-corrected chi connectivity index (χ4v) is 10.6. The molecule has 40 heavy (non-hydrogen) atoms. The molecule has 0 spiro atoms. The Kier molecular flexibility index (Phi) is 9.94. The molecule has 1 aromatic rings. The van der Waals surface area contributed by atoms with Gasteiger partial charge in [0.1, 0.15) is 24.2 Å². The molecule has 1 unspecified atom stereocenters. The van der Waals surface area contributed by atoms with Crippen LogP contribution in [-0.2, 0) is 33.5 Å². The number of hydrogen-bond donors (Lipinski definition) is 1. The van der Waals surface area contributed by atoms with Crippen LogP contribution in [0.3, 0.4) is 0 Å². The van der Waals surface area contributed by atoms with Crippen LogP contribution in [0.2, 0.25) is 18.1 Å². The molecular weight excluding hydrogens is 556 g/mol. The highest BCUT2D eigenvalue weighted by atomic mass is 32.2. The maximum absolute atomic E-state index is 13.7. The number of methoxy groups -OCH3 is 1. The highest BCUT2D eigenvalue weighted by Gasteiger charge is 2.45. The zero-order valence-corrected chi connectivity index (χ0v) is 25.8. The Bertz CT molecular complexity index is 1150. The van der Waals surface area contributed by atoms with Gasteiger partial charge in [0.25, 0.3) is 0 Å². The summed E-state index contributed by atoms with van der Waals surface area (Å²) in [6.45, 7) is 9.00. The van der Waals surface area contributed by atoms with E-state index >= 15 is 0 Å². The van der Waals surface area contributed by atoms with Crippen molar-refractivity contribution in [2.24, 2.45) is 5.92 Å². The van der Waals surface area contributed by atoms with Crippen molar-refractivity contribution < 1.29 is 41.4 Å². The van der Waals surface area contributed by atoms with E-state index in [1.807, 2.05) is 6.92 Å². The molecule has 13 heteroatoms. The van der Waals surface area contributed by atoms with Crippen molar-refractivity contribution in [2.45, 2.75) is 87.6 Å². The second-order valence-corrected chi connectivity index (χ2v) is 17.4. The summed E-state index contributed by atoms with van der Waals surface area (Å²) < 4.78 is 57.5. The summed E-state index contributed by atoms with van der Waals surface area (Å²) in [7, 11) is -4.67. The predicted octanol–water partition coefficient (Wildman–Crippen LogP) is 3.25. The second kappa shape index (κ2) is 12.9. The molecule has 1 aromatic carbocycles. The highest BCUT2D eigenvalue weighted by molar-refractivity contribution is 7.89. The first-order valence-corrected chi connectivity index (χ1v) is 18.1. The fourth-order valence-electron chi connectivity index (χ4n) is 5.90. The molecule has 0 bridgehead atoms. The smallest absolute Gasteiger partial charge is 0.408 e. The zero-order valence-electron chi connectivity index (χ0n) is 24.0. The Labute approximate surface area is 238 Å². The quantitative estimate of drug-likeness (QED) is 0.285. The molecule has 1 amide bonds. The number of sulfonamides is 1. The molecule has 0 aliphatic carbocycles. The van der Waals surface area contributed by atoms with E-state index in [2.05, 4.69) is 26.1 Å². The van der Waals surface area contributed by atoms with E-state index in [4.69, 9.17) is 23.4 Å². The first-order valence-electron chi connectivity index (χ1n) is 14.1. The number of alkyl carbamates (subject to hydrolysis) is 1. The van der Waals surface area contributed by atoms with Crippen molar-refractivity contribution in [3.8, 4) is 5.75 Å². The number of ether oxygens (including phenoxy) is 4. The van der Waals surface area contributed by atoms with Crippen molar-refractivity contribution in [1.29, 1.82) is 0 Å².